The molecule has 82 valence electrons. The van der Waals surface area contributed by atoms with Crippen molar-refractivity contribution in [1.82, 2.24) is 15.2 Å². The van der Waals surface area contributed by atoms with Crippen molar-refractivity contribution in [2.45, 2.75) is 18.9 Å². The molecule has 1 aliphatic rings. The van der Waals surface area contributed by atoms with Crippen LogP contribution in [0.2, 0.25) is 10.4 Å². The molecule has 1 aromatic heterocycles. The highest BCUT2D eigenvalue weighted by atomic mass is 35.5. The first-order chi connectivity index (χ1) is 7.22. The number of rotatable bonds is 2. The summed E-state index contributed by atoms with van der Waals surface area (Å²) in [5.41, 5.74) is 0. The van der Waals surface area contributed by atoms with Crippen molar-refractivity contribution in [3.8, 4) is 0 Å². The Balaban J connectivity index is 2.31. The Labute approximate surface area is 97.0 Å². The van der Waals surface area contributed by atoms with Crippen LogP contribution in [0, 0.1) is 0 Å². The molecule has 1 atom stereocenters. The van der Waals surface area contributed by atoms with Gasteiger partial charge in [0.25, 0.3) is 0 Å². The van der Waals surface area contributed by atoms with Gasteiger partial charge in [0.05, 0.1) is 12.6 Å². The molecule has 0 radical (unpaired) electrons. The van der Waals surface area contributed by atoms with Crippen LogP contribution in [0.25, 0.3) is 0 Å². The molecule has 1 unspecified atom stereocenters. The second-order valence-electron chi connectivity index (χ2n) is 3.37. The van der Waals surface area contributed by atoms with E-state index in [4.69, 9.17) is 23.2 Å². The molecule has 1 aromatic rings. The van der Waals surface area contributed by atoms with Gasteiger partial charge in [-0.15, -0.1) is 10.2 Å². The molecule has 1 aliphatic heterocycles. The number of aromatic nitrogens is 3. The predicted molar refractivity (Wildman–Crippen MR) is 57.3 cm³/mol. The highest BCUT2D eigenvalue weighted by Crippen LogP contribution is 2.28. The number of halogens is 2. The first-order valence-electron chi connectivity index (χ1n) is 4.65. The Hall–Kier alpha value is -0.650. The topological polar surface area (TPSA) is 62.1 Å². The predicted octanol–water partition coefficient (Wildman–Crippen LogP) is 1.14. The monoisotopic (exact) mass is 248 g/mol. The maximum Gasteiger partial charge on any atom is 0.245 e. The van der Waals surface area contributed by atoms with Crippen LogP contribution in [0.15, 0.2) is 0 Å². The Morgan fingerprint density at radius 2 is 2.20 bits per heavy atom. The van der Waals surface area contributed by atoms with Gasteiger partial charge in [-0.1, -0.05) is 11.6 Å². The number of aliphatic hydroxyl groups excluding tert-OH is 1. The largest absolute Gasteiger partial charge is 0.394 e. The molecular formula is C8H10Cl2N4O. The molecule has 0 bridgehead atoms. The van der Waals surface area contributed by atoms with Gasteiger partial charge in [0, 0.05) is 6.54 Å². The number of nitrogens with zero attached hydrogens (tertiary/aromatic N) is 4. The van der Waals surface area contributed by atoms with Gasteiger partial charge in [0.15, 0.2) is 11.0 Å². The van der Waals surface area contributed by atoms with E-state index in [1.54, 1.807) is 0 Å². The summed E-state index contributed by atoms with van der Waals surface area (Å²) in [4.78, 5) is 5.95. The first kappa shape index (κ1) is 10.9. The molecule has 1 saturated heterocycles. The molecule has 2 heterocycles. The maximum atomic E-state index is 9.18. The van der Waals surface area contributed by atoms with Crippen LogP contribution in [-0.2, 0) is 0 Å². The van der Waals surface area contributed by atoms with Crippen molar-refractivity contribution < 1.29 is 5.11 Å². The Bertz CT molecular complexity index is 362. The lowest BCUT2D eigenvalue weighted by Crippen LogP contribution is -2.33. The number of hydrogen-bond acceptors (Lipinski definition) is 5. The van der Waals surface area contributed by atoms with Crippen LogP contribution in [0.3, 0.4) is 0 Å². The number of anilines is 1. The van der Waals surface area contributed by atoms with E-state index in [0.29, 0.717) is 5.82 Å². The van der Waals surface area contributed by atoms with Crippen LogP contribution in [0.4, 0.5) is 5.82 Å². The van der Waals surface area contributed by atoms with Crippen molar-refractivity contribution in [2.75, 3.05) is 18.1 Å². The van der Waals surface area contributed by atoms with E-state index in [1.807, 2.05) is 4.90 Å². The molecule has 1 fully saturated rings. The molecule has 15 heavy (non-hydrogen) atoms. The van der Waals surface area contributed by atoms with E-state index in [1.165, 1.54) is 0 Å². The lowest BCUT2D eigenvalue weighted by Gasteiger charge is -2.23. The quantitative estimate of drug-likeness (QED) is 0.851. The molecule has 0 aromatic carbocycles. The van der Waals surface area contributed by atoms with Crippen molar-refractivity contribution in [2.24, 2.45) is 0 Å². The molecule has 1 N–H and O–H groups in total. The van der Waals surface area contributed by atoms with E-state index in [-0.39, 0.29) is 23.1 Å². The molecule has 2 rings (SSSR count). The lowest BCUT2D eigenvalue weighted by atomic mass is 10.2. The van der Waals surface area contributed by atoms with Crippen LogP contribution >= 0.6 is 23.2 Å². The number of hydrogen-bond donors (Lipinski definition) is 1. The average Bonchev–Trinajstić information content (AvgIpc) is 2.69. The van der Waals surface area contributed by atoms with Crippen LogP contribution in [0.1, 0.15) is 12.8 Å². The van der Waals surface area contributed by atoms with Gasteiger partial charge in [-0.3, -0.25) is 0 Å². The Morgan fingerprint density at radius 3 is 2.93 bits per heavy atom. The zero-order valence-electron chi connectivity index (χ0n) is 7.90. The van der Waals surface area contributed by atoms with E-state index >= 15 is 0 Å². The van der Waals surface area contributed by atoms with Crippen LogP contribution in [0.5, 0.6) is 0 Å². The van der Waals surface area contributed by atoms with Crippen molar-refractivity contribution in [3.63, 3.8) is 0 Å². The highest BCUT2D eigenvalue weighted by Gasteiger charge is 2.27. The van der Waals surface area contributed by atoms with E-state index in [2.05, 4.69) is 15.2 Å². The first-order valence-corrected chi connectivity index (χ1v) is 5.41. The SMILES string of the molecule is OCC1CCCN1c1nc(Cl)nnc1Cl. The van der Waals surface area contributed by atoms with Crippen LogP contribution < -0.4 is 4.90 Å². The fourth-order valence-electron chi connectivity index (χ4n) is 1.77. The standard InChI is InChI=1S/C8H10Cl2N4O/c9-6-7(11-8(10)13-12-6)14-3-1-2-5(14)4-15/h5,15H,1-4H2. The summed E-state index contributed by atoms with van der Waals surface area (Å²) in [6.07, 6.45) is 1.93. The van der Waals surface area contributed by atoms with Gasteiger partial charge >= 0.3 is 0 Å². The van der Waals surface area contributed by atoms with Gasteiger partial charge in [-0.25, -0.2) is 0 Å². The highest BCUT2D eigenvalue weighted by molar-refractivity contribution is 6.32. The summed E-state index contributed by atoms with van der Waals surface area (Å²) in [6, 6.07) is 0.0512. The van der Waals surface area contributed by atoms with Gasteiger partial charge < -0.3 is 10.0 Å². The summed E-state index contributed by atoms with van der Waals surface area (Å²) >= 11 is 11.5. The minimum atomic E-state index is 0.0512. The summed E-state index contributed by atoms with van der Waals surface area (Å²) in [7, 11) is 0. The summed E-state index contributed by atoms with van der Waals surface area (Å²) in [5, 5.41) is 16.7. The van der Waals surface area contributed by atoms with Gasteiger partial charge in [0.1, 0.15) is 0 Å². The molecule has 0 aliphatic carbocycles. The lowest BCUT2D eigenvalue weighted by molar-refractivity contribution is 0.266. The van der Waals surface area contributed by atoms with Crippen molar-refractivity contribution in [1.29, 1.82) is 0 Å². The summed E-state index contributed by atoms with van der Waals surface area (Å²) < 4.78 is 0. The third-order valence-electron chi connectivity index (χ3n) is 2.46. The molecule has 0 saturated carbocycles. The third-order valence-corrected chi connectivity index (χ3v) is 2.87. The summed E-state index contributed by atoms with van der Waals surface area (Å²) in [6.45, 7) is 0.887. The normalized spacial score (nSPS) is 21.0. The van der Waals surface area contributed by atoms with E-state index in [9.17, 15) is 5.11 Å². The fraction of sp³-hybridized carbons (Fsp3) is 0.625. The molecule has 0 spiro atoms. The third kappa shape index (κ3) is 2.14. The molecular weight excluding hydrogens is 239 g/mol. The smallest absolute Gasteiger partial charge is 0.245 e. The molecule has 5 nitrogen and oxygen atoms in total. The van der Waals surface area contributed by atoms with Gasteiger partial charge in [-0.05, 0) is 24.4 Å². The van der Waals surface area contributed by atoms with Gasteiger partial charge in [0.2, 0.25) is 5.28 Å². The fourth-order valence-corrected chi connectivity index (χ4v) is 2.08. The maximum absolute atomic E-state index is 9.18. The van der Waals surface area contributed by atoms with Gasteiger partial charge in [-0.2, -0.15) is 4.98 Å². The minimum Gasteiger partial charge on any atom is -0.394 e. The molecule has 0 amide bonds. The Kier molecular flexibility index (Phi) is 3.23. The second-order valence-corrected chi connectivity index (χ2v) is 4.06. The second kappa shape index (κ2) is 4.47. The van der Waals surface area contributed by atoms with Crippen molar-refractivity contribution >= 4 is 29.0 Å². The van der Waals surface area contributed by atoms with Crippen molar-refractivity contribution in [3.05, 3.63) is 10.4 Å². The minimum absolute atomic E-state index is 0.0512. The average molecular weight is 249 g/mol. The van der Waals surface area contributed by atoms with E-state index in [0.717, 1.165) is 19.4 Å². The number of aliphatic hydroxyl groups is 1. The van der Waals surface area contributed by atoms with Crippen LogP contribution in [-0.4, -0.2) is 39.5 Å². The molecule has 7 heteroatoms. The zero-order valence-corrected chi connectivity index (χ0v) is 9.41. The zero-order chi connectivity index (χ0) is 10.8. The summed E-state index contributed by atoms with van der Waals surface area (Å²) in [5.74, 6) is 0.508. The van der Waals surface area contributed by atoms with E-state index < -0.39 is 0 Å². The Morgan fingerprint density at radius 1 is 1.40 bits per heavy atom.